The van der Waals surface area contributed by atoms with Gasteiger partial charge in [-0.15, -0.1) is 0 Å². The number of ether oxygens (including phenoxy) is 1. The molecule has 2 nitrogen and oxygen atoms in total. The zero-order valence-electron chi connectivity index (χ0n) is 9.13. The van der Waals surface area contributed by atoms with Gasteiger partial charge in [0.1, 0.15) is 6.17 Å². The lowest BCUT2D eigenvalue weighted by Gasteiger charge is -2.36. The first-order valence-electron chi connectivity index (χ1n) is 5.65. The minimum Gasteiger partial charge on any atom is -0.379 e. The predicted molar refractivity (Wildman–Crippen MR) is 54.1 cm³/mol. The van der Waals surface area contributed by atoms with Crippen LogP contribution < -0.4 is 0 Å². The molecule has 0 amide bonds. The number of nitrogens with zero attached hydrogens (tertiary/aromatic N) is 1. The van der Waals surface area contributed by atoms with Gasteiger partial charge < -0.3 is 4.74 Å². The van der Waals surface area contributed by atoms with Crippen LogP contribution in [-0.4, -0.2) is 42.9 Å². The average Bonchev–Trinajstić information content (AvgIpc) is 2.59. The fourth-order valence-electron chi connectivity index (χ4n) is 3.38. The number of methoxy groups -OCH3 is 1. The summed E-state index contributed by atoms with van der Waals surface area (Å²) in [6, 6.07) is 0. The van der Waals surface area contributed by atoms with Gasteiger partial charge in [0.05, 0.1) is 11.6 Å². The Morgan fingerprint density at radius 2 is 2.36 bits per heavy atom. The molecule has 2 heterocycles. The summed E-state index contributed by atoms with van der Waals surface area (Å²) < 4.78 is 18.9. The summed E-state index contributed by atoms with van der Waals surface area (Å²) in [5.41, 5.74) is 0.0307. The van der Waals surface area contributed by atoms with Crippen LogP contribution in [0, 0.1) is 0 Å². The number of alkyl halides is 1. The van der Waals surface area contributed by atoms with Crippen molar-refractivity contribution >= 4 is 0 Å². The molecule has 2 rings (SSSR count). The lowest BCUT2D eigenvalue weighted by Crippen LogP contribution is -2.46. The summed E-state index contributed by atoms with van der Waals surface area (Å²) in [5.74, 6) is 0. The maximum absolute atomic E-state index is 13.4. The molecule has 2 aliphatic heterocycles. The van der Waals surface area contributed by atoms with E-state index >= 15 is 0 Å². The van der Waals surface area contributed by atoms with Crippen LogP contribution in [0.1, 0.15) is 32.6 Å². The van der Waals surface area contributed by atoms with Gasteiger partial charge in [-0.25, -0.2) is 4.39 Å². The Hall–Kier alpha value is -0.150. The first kappa shape index (κ1) is 10.4. The van der Waals surface area contributed by atoms with Crippen molar-refractivity contribution in [1.29, 1.82) is 0 Å². The molecule has 0 spiro atoms. The first-order valence-corrected chi connectivity index (χ1v) is 5.65. The third-order valence-corrected chi connectivity index (χ3v) is 3.85. The van der Waals surface area contributed by atoms with Gasteiger partial charge >= 0.3 is 0 Å². The van der Waals surface area contributed by atoms with Crippen molar-refractivity contribution in [1.82, 2.24) is 4.90 Å². The van der Waals surface area contributed by atoms with Crippen molar-refractivity contribution in [3.05, 3.63) is 0 Å². The van der Waals surface area contributed by atoms with Crippen LogP contribution in [0.5, 0.6) is 0 Å². The summed E-state index contributed by atoms with van der Waals surface area (Å²) >= 11 is 0. The molecule has 0 aliphatic carbocycles. The lowest BCUT2D eigenvalue weighted by atomic mass is 9.86. The molecule has 0 aromatic rings. The molecule has 0 aromatic carbocycles. The van der Waals surface area contributed by atoms with Crippen LogP contribution in [0.4, 0.5) is 4.39 Å². The van der Waals surface area contributed by atoms with E-state index in [1.165, 1.54) is 0 Å². The summed E-state index contributed by atoms with van der Waals surface area (Å²) in [7, 11) is 1.76. The minimum absolute atomic E-state index is 0.0307. The van der Waals surface area contributed by atoms with Crippen molar-refractivity contribution in [2.45, 2.75) is 50.4 Å². The van der Waals surface area contributed by atoms with Crippen molar-refractivity contribution in [3.63, 3.8) is 0 Å². The van der Waals surface area contributed by atoms with Crippen molar-refractivity contribution < 1.29 is 9.13 Å². The minimum atomic E-state index is -0.639. The largest absolute Gasteiger partial charge is 0.379 e. The summed E-state index contributed by atoms with van der Waals surface area (Å²) in [6.45, 7) is 3.81. The Labute approximate surface area is 85.4 Å². The quantitative estimate of drug-likeness (QED) is 0.692. The molecule has 14 heavy (non-hydrogen) atoms. The highest BCUT2D eigenvalue weighted by atomic mass is 19.1. The molecular weight excluding hydrogens is 181 g/mol. The molecule has 2 fully saturated rings. The normalized spacial score (nSPS) is 43.1. The van der Waals surface area contributed by atoms with Crippen LogP contribution in [0.3, 0.4) is 0 Å². The number of rotatable bonds is 3. The van der Waals surface area contributed by atoms with Gasteiger partial charge in [0.15, 0.2) is 0 Å². The molecule has 0 aromatic heterocycles. The lowest BCUT2D eigenvalue weighted by molar-refractivity contribution is 0.00946. The third kappa shape index (κ3) is 1.38. The zero-order chi connectivity index (χ0) is 10.2. The Morgan fingerprint density at radius 3 is 3.00 bits per heavy atom. The van der Waals surface area contributed by atoms with Crippen molar-refractivity contribution in [2.75, 3.05) is 20.2 Å². The van der Waals surface area contributed by atoms with Gasteiger partial charge in [0.25, 0.3) is 0 Å². The monoisotopic (exact) mass is 201 g/mol. The Balaban J connectivity index is 2.18. The third-order valence-electron chi connectivity index (χ3n) is 3.85. The maximum Gasteiger partial charge on any atom is 0.115 e. The van der Waals surface area contributed by atoms with E-state index in [9.17, 15) is 4.39 Å². The van der Waals surface area contributed by atoms with Gasteiger partial charge in [0, 0.05) is 26.6 Å². The second-order valence-corrected chi connectivity index (χ2v) is 4.61. The number of fused-ring (bicyclic) bond motifs is 1. The summed E-state index contributed by atoms with van der Waals surface area (Å²) in [4.78, 5) is 2.31. The van der Waals surface area contributed by atoms with E-state index in [4.69, 9.17) is 4.74 Å². The predicted octanol–water partition coefficient (Wildman–Crippen LogP) is 1.99. The Bertz CT molecular complexity index is 207. The summed E-state index contributed by atoms with van der Waals surface area (Å²) in [6.07, 6.45) is 3.56. The molecule has 0 unspecified atom stereocenters. The Kier molecular flexibility index (Phi) is 2.80. The van der Waals surface area contributed by atoms with Crippen LogP contribution >= 0.6 is 0 Å². The van der Waals surface area contributed by atoms with Crippen LogP contribution in [0.25, 0.3) is 0 Å². The van der Waals surface area contributed by atoms with Crippen LogP contribution in [0.2, 0.25) is 0 Å². The average molecular weight is 201 g/mol. The van der Waals surface area contributed by atoms with Crippen LogP contribution in [-0.2, 0) is 4.74 Å². The second-order valence-electron chi connectivity index (χ2n) is 4.61. The highest BCUT2D eigenvalue weighted by molar-refractivity contribution is 5.08. The van der Waals surface area contributed by atoms with Gasteiger partial charge in [-0.3, -0.25) is 4.90 Å². The molecule has 0 radical (unpaired) electrons. The number of hydrogen-bond acceptors (Lipinski definition) is 2. The number of hydrogen-bond donors (Lipinski definition) is 0. The van der Waals surface area contributed by atoms with E-state index < -0.39 is 6.17 Å². The van der Waals surface area contributed by atoms with Crippen molar-refractivity contribution in [3.8, 4) is 0 Å². The van der Waals surface area contributed by atoms with E-state index in [1.807, 2.05) is 0 Å². The second kappa shape index (κ2) is 3.78. The van der Waals surface area contributed by atoms with Gasteiger partial charge in [-0.05, 0) is 12.8 Å². The van der Waals surface area contributed by atoms with Gasteiger partial charge in [-0.1, -0.05) is 13.3 Å². The van der Waals surface area contributed by atoms with Crippen molar-refractivity contribution in [2.24, 2.45) is 0 Å². The first-order chi connectivity index (χ1) is 6.73. The standard InChI is InChI=1S/C11H20FNO/c1-3-5-11-7-9(12)8-13(11)6-4-10(11)14-2/h9-10H,3-8H2,1-2H3/t9-,10-,11-/m1/s1. The van der Waals surface area contributed by atoms with Gasteiger partial charge in [0.2, 0.25) is 0 Å². The molecule has 0 N–H and O–H groups in total. The molecule has 0 saturated carbocycles. The Morgan fingerprint density at radius 1 is 1.57 bits per heavy atom. The SMILES string of the molecule is CCC[C@]12C[C@@H](F)CN1CC[C@H]2OC. The zero-order valence-corrected chi connectivity index (χ0v) is 9.13. The van der Waals surface area contributed by atoms with E-state index in [1.54, 1.807) is 7.11 Å². The molecule has 0 bridgehead atoms. The highest BCUT2D eigenvalue weighted by Gasteiger charge is 2.54. The topological polar surface area (TPSA) is 12.5 Å². The van der Waals surface area contributed by atoms with E-state index in [2.05, 4.69) is 11.8 Å². The summed E-state index contributed by atoms with van der Waals surface area (Å²) in [5, 5.41) is 0. The van der Waals surface area contributed by atoms with Gasteiger partial charge in [-0.2, -0.15) is 0 Å². The van der Waals surface area contributed by atoms with E-state index in [-0.39, 0.29) is 11.6 Å². The molecular formula is C11H20FNO. The maximum atomic E-state index is 13.4. The molecule has 2 aliphatic rings. The molecule has 82 valence electrons. The van der Waals surface area contributed by atoms with Crippen LogP contribution in [0.15, 0.2) is 0 Å². The number of halogens is 1. The molecule has 3 heteroatoms. The molecule has 2 saturated heterocycles. The highest BCUT2D eigenvalue weighted by Crippen LogP contribution is 2.44. The molecule has 3 atom stereocenters. The smallest absolute Gasteiger partial charge is 0.115 e. The fourth-order valence-corrected chi connectivity index (χ4v) is 3.38. The van der Waals surface area contributed by atoms with E-state index in [0.29, 0.717) is 13.0 Å². The fraction of sp³-hybridized carbons (Fsp3) is 1.00. The van der Waals surface area contributed by atoms with E-state index in [0.717, 1.165) is 25.8 Å².